The van der Waals surface area contributed by atoms with E-state index < -0.39 is 0 Å². The van der Waals surface area contributed by atoms with Gasteiger partial charge in [0, 0.05) is 39.0 Å². The molecule has 1 saturated carbocycles. The summed E-state index contributed by atoms with van der Waals surface area (Å²) < 4.78 is 0. The molecule has 1 rings (SSSR count). The van der Waals surface area contributed by atoms with E-state index in [2.05, 4.69) is 16.0 Å². The summed E-state index contributed by atoms with van der Waals surface area (Å²) in [6.45, 7) is 3.21. The van der Waals surface area contributed by atoms with Gasteiger partial charge < -0.3 is 16.0 Å². The molecule has 2 amide bonds. The fourth-order valence-corrected chi connectivity index (χ4v) is 1.21. The molecule has 0 heterocycles. The largest absolute Gasteiger partial charge is 0.355 e. The zero-order chi connectivity index (χ0) is 11.1. The van der Waals surface area contributed by atoms with E-state index in [0.29, 0.717) is 25.6 Å². The second-order valence-corrected chi connectivity index (χ2v) is 3.81. The highest BCUT2D eigenvalue weighted by atomic mass is 16.2. The van der Waals surface area contributed by atoms with E-state index in [9.17, 15) is 9.59 Å². The lowest BCUT2D eigenvalue weighted by atomic mass is 10.4. The number of amides is 2. The second-order valence-electron chi connectivity index (χ2n) is 3.81. The van der Waals surface area contributed by atoms with Gasteiger partial charge in [-0.05, 0) is 12.8 Å². The number of hydrogen-bond acceptors (Lipinski definition) is 3. The maximum absolute atomic E-state index is 11.2. The van der Waals surface area contributed by atoms with Crippen LogP contribution in [0.4, 0.5) is 0 Å². The topological polar surface area (TPSA) is 70.2 Å². The Morgan fingerprint density at radius 3 is 2.40 bits per heavy atom. The summed E-state index contributed by atoms with van der Waals surface area (Å²) in [5, 5.41) is 8.62. The first-order valence-corrected chi connectivity index (χ1v) is 5.43. The fourth-order valence-electron chi connectivity index (χ4n) is 1.21. The lowest BCUT2D eigenvalue weighted by molar-refractivity contribution is -0.122. The molecule has 0 aromatic carbocycles. The molecule has 15 heavy (non-hydrogen) atoms. The number of carbonyl (C=O) groups is 2. The van der Waals surface area contributed by atoms with Crippen molar-refractivity contribution in [2.24, 2.45) is 0 Å². The fraction of sp³-hybridized carbons (Fsp3) is 0.800. The zero-order valence-corrected chi connectivity index (χ0v) is 9.14. The van der Waals surface area contributed by atoms with Crippen molar-refractivity contribution in [1.29, 1.82) is 0 Å². The Kier molecular flexibility index (Phi) is 5.10. The Hall–Kier alpha value is -1.10. The van der Waals surface area contributed by atoms with Crippen LogP contribution in [0.15, 0.2) is 0 Å². The van der Waals surface area contributed by atoms with Crippen LogP contribution < -0.4 is 16.0 Å². The first-order valence-electron chi connectivity index (χ1n) is 5.43. The van der Waals surface area contributed by atoms with Gasteiger partial charge in [0.1, 0.15) is 0 Å². The molecule has 0 atom stereocenters. The van der Waals surface area contributed by atoms with E-state index >= 15 is 0 Å². The van der Waals surface area contributed by atoms with Gasteiger partial charge in [0.25, 0.3) is 0 Å². The molecule has 5 nitrogen and oxygen atoms in total. The van der Waals surface area contributed by atoms with E-state index in [-0.39, 0.29) is 11.8 Å². The summed E-state index contributed by atoms with van der Waals surface area (Å²) in [4.78, 5) is 21.7. The predicted octanol–water partition coefficient (Wildman–Crippen LogP) is -0.619. The second kappa shape index (κ2) is 6.40. The van der Waals surface area contributed by atoms with Crippen molar-refractivity contribution in [2.45, 2.75) is 32.2 Å². The smallest absolute Gasteiger partial charge is 0.221 e. The van der Waals surface area contributed by atoms with Gasteiger partial charge >= 0.3 is 0 Å². The number of nitrogens with one attached hydrogen (secondary N) is 3. The molecule has 1 fully saturated rings. The standard InChI is InChI=1S/C10H19N3O2/c1-8(14)11-6-7-13-10(15)4-5-12-9-2-3-9/h9,12H,2-7H2,1H3,(H,11,14)(H,13,15). The van der Waals surface area contributed by atoms with Gasteiger partial charge in [0.2, 0.25) is 11.8 Å². The average molecular weight is 213 g/mol. The maximum atomic E-state index is 11.2. The number of hydrogen-bond donors (Lipinski definition) is 3. The first kappa shape index (κ1) is 12.0. The average Bonchev–Trinajstić information content (AvgIpc) is 2.96. The first-order chi connectivity index (χ1) is 7.18. The Labute approximate surface area is 90.0 Å². The molecule has 0 aromatic rings. The molecular formula is C10H19N3O2. The molecule has 0 aliphatic heterocycles. The van der Waals surface area contributed by atoms with Gasteiger partial charge in [-0.2, -0.15) is 0 Å². The van der Waals surface area contributed by atoms with Crippen molar-refractivity contribution < 1.29 is 9.59 Å². The minimum absolute atomic E-state index is 0.0357. The molecule has 3 N–H and O–H groups in total. The molecule has 0 saturated heterocycles. The molecule has 1 aliphatic rings. The van der Waals surface area contributed by atoms with Crippen molar-refractivity contribution in [3.8, 4) is 0 Å². The quantitative estimate of drug-likeness (QED) is 0.494. The minimum atomic E-state index is -0.0698. The predicted molar refractivity (Wildman–Crippen MR) is 57.3 cm³/mol. The number of carbonyl (C=O) groups excluding carboxylic acids is 2. The summed E-state index contributed by atoms with van der Waals surface area (Å²) in [6, 6.07) is 0.650. The highest BCUT2D eigenvalue weighted by Gasteiger charge is 2.19. The molecule has 0 spiro atoms. The van der Waals surface area contributed by atoms with Gasteiger partial charge in [-0.3, -0.25) is 9.59 Å². The highest BCUT2D eigenvalue weighted by molar-refractivity contribution is 5.76. The normalized spacial score (nSPS) is 14.7. The van der Waals surface area contributed by atoms with Crippen LogP contribution in [0.2, 0.25) is 0 Å². The molecule has 0 bridgehead atoms. The zero-order valence-electron chi connectivity index (χ0n) is 9.14. The van der Waals surface area contributed by atoms with Gasteiger partial charge in [-0.15, -0.1) is 0 Å². The van der Waals surface area contributed by atoms with E-state index in [1.54, 1.807) is 0 Å². The van der Waals surface area contributed by atoms with Gasteiger partial charge in [0.15, 0.2) is 0 Å². The van der Waals surface area contributed by atoms with E-state index in [1.807, 2.05) is 0 Å². The van der Waals surface area contributed by atoms with Gasteiger partial charge in [-0.25, -0.2) is 0 Å². The van der Waals surface area contributed by atoms with Crippen molar-refractivity contribution in [3.05, 3.63) is 0 Å². The van der Waals surface area contributed by atoms with Crippen molar-refractivity contribution in [2.75, 3.05) is 19.6 Å². The summed E-state index contributed by atoms with van der Waals surface area (Å²) in [7, 11) is 0. The maximum Gasteiger partial charge on any atom is 0.221 e. The van der Waals surface area contributed by atoms with Crippen LogP contribution in [-0.4, -0.2) is 37.5 Å². The molecule has 0 unspecified atom stereocenters. The van der Waals surface area contributed by atoms with Crippen LogP contribution >= 0.6 is 0 Å². The van der Waals surface area contributed by atoms with Crippen LogP contribution in [-0.2, 0) is 9.59 Å². The third-order valence-electron chi connectivity index (χ3n) is 2.18. The summed E-state index contributed by atoms with van der Waals surface area (Å²) in [5.74, 6) is -0.0341. The lowest BCUT2D eigenvalue weighted by Gasteiger charge is -2.06. The van der Waals surface area contributed by atoms with Crippen LogP contribution in [0.3, 0.4) is 0 Å². The minimum Gasteiger partial charge on any atom is -0.355 e. The van der Waals surface area contributed by atoms with Crippen molar-refractivity contribution >= 4 is 11.8 Å². The molecule has 86 valence electrons. The molecule has 0 radical (unpaired) electrons. The van der Waals surface area contributed by atoms with Crippen molar-refractivity contribution in [1.82, 2.24) is 16.0 Å². The van der Waals surface area contributed by atoms with Gasteiger partial charge in [-0.1, -0.05) is 0 Å². The Bertz CT molecular complexity index is 227. The summed E-state index contributed by atoms with van der Waals surface area (Å²) in [6.07, 6.45) is 2.99. The van der Waals surface area contributed by atoms with Crippen LogP contribution in [0.25, 0.3) is 0 Å². The SMILES string of the molecule is CC(=O)NCCNC(=O)CCNC1CC1. The van der Waals surface area contributed by atoms with Gasteiger partial charge in [0.05, 0.1) is 0 Å². The number of rotatable bonds is 7. The van der Waals surface area contributed by atoms with Crippen LogP contribution in [0.1, 0.15) is 26.2 Å². The Morgan fingerprint density at radius 1 is 1.13 bits per heavy atom. The molecule has 1 aliphatic carbocycles. The third-order valence-corrected chi connectivity index (χ3v) is 2.18. The third kappa shape index (κ3) is 6.90. The molecular weight excluding hydrogens is 194 g/mol. The monoisotopic (exact) mass is 213 g/mol. The molecule has 0 aromatic heterocycles. The van der Waals surface area contributed by atoms with E-state index in [1.165, 1.54) is 19.8 Å². The Morgan fingerprint density at radius 2 is 1.80 bits per heavy atom. The van der Waals surface area contributed by atoms with E-state index in [0.717, 1.165) is 6.54 Å². The van der Waals surface area contributed by atoms with E-state index in [4.69, 9.17) is 0 Å². The highest BCUT2D eigenvalue weighted by Crippen LogP contribution is 2.18. The summed E-state index contributed by atoms with van der Waals surface area (Å²) >= 11 is 0. The van der Waals surface area contributed by atoms with Crippen LogP contribution in [0.5, 0.6) is 0 Å². The lowest BCUT2D eigenvalue weighted by Crippen LogP contribution is -2.35. The van der Waals surface area contributed by atoms with Crippen LogP contribution in [0, 0.1) is 0 Å². The van der Waals surface area contributed by atoms with Crippen molar-refractivity contribution in [3.63, 3.8) is 0 Å². The summed E-state index contributed by atoms with van der Waals surface area (Å²) in [5.41, 5.74) is 0. The molecule has 5 heteroatoms. The Balaban J connectivity index is 1.86.